The van der Waals surface area contributed by atoms with Crippen LogP contribution in [-0.2, 0) is 11.2 Å². The molecule has 1 aliphatic heterocycles. The van der Waals surface area contributed by atoms with E-state index in [-0.39, 0.29) is 17.4 Å². The number of likely N-dealkylation sites (N-methyl/N-ethyl adjacent to an activating group) is 1. The molecule has 1 aliphatic carbocycles. The lowest BCUT2D eigenvalue weighted by molar-refractivity contribution is -0.117. The van der Waals surface area contributed by atoms with Crippen LogP contribution in [0.25, 0.3) is 0 Å². The molecule has 2 N–H and O–H groups in total. The molecule has 0 saturated heterocycles. The summed E-state index contributed by atoms with van der Waals surface area (Å²) in [6.45, 7) is 2.26. The van der Waals surface area contributed by atoms with E-state index in [4.69, 9.17) is 5.73 Å². The molecule has 3 rings (SSSR count). The molecule has 0 bridgehead atoms. The van der Waals surface area contributed by atoms with Crippen molar-refractivity contribution < 1.29 is 4.79 Å². The Balaban J connectivity index is 1.92. The van der Waals surface area contributed by atoms with Gasteiger partial charge in [0.05, 0.1) is 6.42 Å². The summed E-state index contributed by atoms with van der Waals surface area (Å²) < 4.78 is 0. The molecule has 0 radical (unpaired) electrons. The van der Waals surface area contributed by atoms with Crippen molar-refractivity contribution >= 4 is 11.6 Å². The Bertz CT molecular complexity index is 532. The van der Waals surface area contributed by atoms with Crippen molar-refractivity contribution in [3.05, 3.63) is 29.3 Å². The van der Waals surface area contributed by atoms with Gasteiger partial charge in [-0.2, -0.15) is 0 Å². The summed E-state index contributed by atoms with van der Waals surface area (Å²) in [5.74, 6) is 0.178. The maximum Gasteiger partial charge on any atom is 0.231 e. The first-order valence-electron chi connectivity index (χ1n) is 7.72. The second-order valence-electron chi connectivity index (χ2n) is 6.42. The van der Waals surface area contributed by atoms with E-state index in [1.165, 1.54) is 31.2 Å². The van der Waals surface area contributed by atoms with Crippen molar-refractivity contribution in [3.8, 4) is 0 Å². The first-order chi connectivity index (χ1) is 9.57. The van der Waals surface area contributed by atoms with Crippen LogP contribution in [-0.4, -0.2) is 13.0 Å². The number of rotatable bonds is 3. The summed E-state index contributed by atoms with van der Waals surface area (Å²) in [7, 11) is 1.85. The fourth-order valence-corrected chi connectivity index (χ4v) is 4.00. The van der Waals surface area contributed by atoms with Crippen LogP contribution < -0.4 is 10.6 Å². The zero-order valence-electron chi connectivity index (χ0n) is 12.5. The average Bonchev–Trinajstić information content (AvgIpc) is 3.05. The Kier molecular flexibility index (Phi) is 3.33. The average molecular weight is 272 g/mol. The Morgan fingerprint density at radius 2 is 2.05 bits per heavy atom. The van der Waals surface area contributed by atoms with Crippen molar-refractivity contribution in [1.82, 2.24) is 0 Å². The number of fused-ring (bicyclic) bond motifs is 1. The predicted molar refractivity (Wildman–Crippen MR) is 81.7 cm³/mol. The second kappa shape index (κ2) is 4.88. The SMILES string of the molecule is CCC1(C(N)c2ccc3c(c2)CC(=O)N3C)CCCC1. The molecule has 1 aromatic carbocycles. The van der Waals surface area contributed by atoms with Crippen molar-refractivity contribution in [2.45, 2.75) is 51.5 Å². The topological polar surface area (TPSA) is 46.3 Å². The van der Waals surface area contributed by atoms with Crippen molar-refractivity contribution in [3.63, 3.8) is 0 Å². The number of amides is 1. The maximum absolute atomic E-state index is 11.8. The highest BCUT2D eigenvalue weighted by atomic mass is 16.2. The quantitative estimate of drug-likeness (QED) is 0.918. The van der Waals surface area contributed by atoms with Crippen molar-refractivity contribution in [2.75, 3.05) is 11.9 Å². The van der Waals surface area contributed by atoms with Crippen LogP contribution in [0.2, 0.25) is 0 Å². The van der Waals surface area contributed by atoms with Crippen LogP contribution in [0.15, 0.2) is 18.2 Å². The van der Waals surface area contributed by atoms with E-state index >= 15 is 0 Å². The van der Waals surface area contributed by atoms with Gasteiger partial charge in [0.2, 0.25) is 5.91 Å². The third-order valence-corrected chi connectivity index (χ3v) is 5.50. The van der Waals surface area contributed by atoms with E-state index in [9.17, 15) is 4.79 Å². The summed E-state index contributed by atoms with van der Waals surface area (Å²) in [5.41, 5.74) is 10.3. The van der Waals surface area contributed by atoms with Crippen molar-refractivity contribution in [1.29, 1.82) is 0 Å². The number of anilines is 1. The molecule has 2 aliphatic rings. The molecule has 1 aromatic rings. The Morgan fingerprint density at radius 1 is 1.35 bits per heavy atom. The van der Waals surface area contributed by atoms with Gasteiger partial charge < -0.3 is 10.6 Å². The Morgan fingerprint density at radius 3 is 2.70 bits per heavy atom. The summed E-state index contributed by atoms with van der Waals surface area (Å²) in [4.78, 5) is 13.5. The number of carbonyl (C=O) groups is 1. The largest absolute Gasteiger partial charge is 0.323 e. The molecular formula is C17H24N2O. The Hall–Kier alpha value is -1.35. The van der Waals surface area contributed by atoms with Crippen molar-refractivity contribution in [2.24, 2.45) is 11.1 Å². The van der Waals surface area contributed by atoms with Crippen LogP contribution in [0.5, 0.6) is 0 Å². The summed E-state index contributed by atoms with van der Waals surface area (Å²) >= 11 is 0. The molecule has 1 unspecified atom stereocenters. The van der Waals surface area contributed by atoms with Crippen LogP contribution in [0.3, 0.4) is 0 Å². The van der Waals surface area contributed by atoms with E-state index in [0.29, 0.717) is 6.42 Å². The van der Waals surface area contributed by atoms with Gasteiger partial charge in [0.25, 0.3) is 0 Å². The molecular weight excluding hydrogens is 248 g/mol. The van der Waals surface area contributed by atoms with Gasteiger partial charge in [0.15, 0.2) is 0 Å². The smallest absolute Gasteiger partial charge is 0.231 e. The highest BCUT2D eigenvalue weighted by Gasteiger charge is 2.39. The van der Waals surface area contributed by atoms with Crippen LogP contribution >= 0.6 is 0 Å². The predicted octanol–water partition coefficient (Wildman–Crippen LogP) is 3.18. The normalized spacial score (nSPS) is 22.1. The second-order valence-corrected chi connectivity index (χ2v) is 6.42. The lowest BCUT2D eigenvalue weighted by Gasteiger charge is -2.35. The lowest BCUT2D eigenvalue weighted by Crippen LogP contribution is -2.31. The molecule has 20 heavy (non-hydrogen) atoms. The lowest BCUT2D eigenvalue weighted by atomic mass is 9.73. The highest BCUT2D eigenvalue weighted by molar-refractivity contribution is 6.00. The molecule has 0 aromatic heterocycles. The number of hydrogen-bond donors (Lipinski definition) is 1. The summed E-state index contributed by atoms with van der Waals surface area (Å²) in [5, 5.41) is 0. The zero-order chi connectivity index (χ0) is 14.3. The number of hydrogen-bond acceptors (Lipinski definition) is 2. The molecule has 3 heteroatoms. The third-order valence-electron chi connectivity index (χ3n) is 5.50. The minimum Gasteiger partial charge on any atom is -0.323 e. The van der Waals surface area contributed by atoms with Crippen LogP contribution in [0, 0.1) is 5.41 Å². The Labute approximate surface area is 121 Å². The number of benzene rings is 1. The molecule has 3 nitrogen and oxygen atoms in total. The van der Waals surface area contributed by atoms with Gasteiger partial charge in [0.1, 0.15) is 0 Å². The molecule has 1 heterocycles. The minimum atomic E-state index is 0.0984. The number of nitrogens with two attached hydrogens (primary N) is 1. The van der Waals surface area contributed by atoms with Gasteiger partial charge in [-0.25, -0.2) is 0 Å². The van der Waals surface area contributed by atoms with E-state index in [2.05, 4.69) is 25.1 Å². The molecule has 1 atom stereocenters. The molecule has 1 fully saturated rings. The van der Waals surface area contributed by atoms with Crippen LogP contribution in [0.4, 0.5) is 5.69 Å². The summed E-state index contributed by atoms with van der Waals surface area (Å²) in [6.07, 6.45) is 6.73. The van der Waals surface area contributed by atoms with E-state index in [1.807, 2.05) is 7.05 Å². The minimum absolute atomic E-state index is 0.0984. The fourth-order valence-electron chi connectivity index (χ4n) is 4.00. The van der Waals surface area contributed by atoms with Gasteiger partial charge in [-0.3, -0.25) is 4.79 Å². The molecule has 108 valence electrons. The first kappa shape index (κ1) is 13.6. The highest BCUT2D eigenvalue weighted by Crippen LogP contribution is 2.49. The third kappa shape index (κ3) is 1.96. The standard InChI is InChI=1S/C17H24N2O/c1-3-17(8-4-5-9-17)16(18)12-6-7-14-13(10-12)11-15(20)19(14)2/h6-7,10,16H,3-5,8-9,11,18H2,1-2H3. The molecule has 0 spiro atoms. The summed E-state index contributed by atoms with van der Waals surface area (Å²) in [6, 6.07) is 6.44. The van der Waals surface area contributed by atoms with Gasteiger partial charge in [0, 0.05) is 18.8 Å². The number of nitrogens with zero attached hydrogens (tertiary/aromatic N) is 1. The first-order valence-corrected chi connectivity index (χ1v) is 7.72. The van der Waals surface area contributed by atoms with E-state index in [1.54, 1.807) is 4.90 Å². The van der Waals surface area contributed by atoms with Gasteiger partial charge in [-0.1, -0.05) is 31.9 Å². The van der Waals surface area contributed by atoms with Gasteiger partial charge in [-0.05, 0) is 41.9 Å². The number of carbonyl (C=O) groups excluding carboxylic acids is 1. The van der Waals surface area contributed by atoms with Gasteiger partial charge >= 0.3 is 0 Å². The van der Waals surface area contributed by atoms with Gasteiger partial charge in [-0.15, -0.1) is 0 Å². The van der Waals surface area contributed by atoms with E-state index in [0.717, 1.165) is 17.7 Å². The molecule has 1 saturated carbocycles. The zero-order valence-corrected chi connectivity index (χ0v) is 12.5. The monoisotopic (exact) mass is 272 g/mol. The molecule has 1 amide bonds. The van der Waals surface area contributed by atoms with Crippen LogP contribution in [0.1, 0.15) is 56.2 Å². The fraction of sp³-hybridized carbons (Fsp3) is 0.588. The van der Waals surface area contributed by atoms with E-state index < -0.39 is 0 Å². The maximum atomic E-state index is 11.8.